The van der Waals surface area contributed by atoms with Gasteiger partial charge in [0.15, 0.2) is 0 Å². The Bertz CT molecular complexity index is 538. The van der Waals surface area contributed by atoms with Gasteiger partial charge >= 0.3 is 12.0 Å². The number of rotatable bonds is 9. The van der Waals surface area contributed by atoms with E-state index in [1.165, 1.54) is 26.6 Å². The van der Waals surface area contributed by atoms with Gasteiger partial charge in [0.25, 0.3) is 0 Å². The smallest absolute Gasteiger partial charge is 0.323 e. The van der Waals surface area contributed by atoms with E-state index in [0.717, 1.165) is 0 Å². The van der Waals surface area contributed by atoms with Crippen LogP contribution in [0.4, 0.5) is 10.6 Å². The van der Waals surface area contributed by atoms with Crippen molar-refractivity contribution in [3.8, 4) is 5.88 Å². The Kier molecular flexibility index (Phi) is 8.48. The first kappa shape index (κ1) is 19.6. The summed E-state index contributed by atoms with van der Waals surface area (Å²) in [5.74, 6) is 0.560. The van der Waals surface area contributed by atoms with Gasteiger partial charge in [-0.2, -0.15) is 0 Å². The third-order valence-corrected chi connectivity index (χ3v) is 3.22. The molecule has 0 spiro atoms. The van der Waals surface area contributed by atoms with Crippen LogP contribution < -0.4 is 20.7 Å². The lowest BCUT2D eigenvalue weighted by atomic mass is 10.0. The maximum atomic E-state index is 11.8. The number of methoxy groups -OCH3 is 2. The maximum absolute atomic E-state index is 11.8. The summed E-state index contributed by atoms with van der Waals surface area (Å²) >= 11 is 0. The second-order valence-electron chi connectivity index (χ2n) is 5.38. The minimum atomic E-state index is -0.371. The Balaban J connectivity index is 2.26. The predicted octanol–water partition coefficient (Wildman–Crippen LogP) is 0.784. The molecule has 0 saturated heterocycles. The number of nitrogens with zero attached hydrogens (tertiary/aromatic N) is 2. The molecule has 9 heteroatoms. The van der Waals surface area contributed by atoms with Crippen LogP contribution in [-0.4, -0.2) is 55.3 Å². The van der Waals surface area contributed by atoms with E-state index < -0.39 is 0 Å². The third kappa shape index (κ3) is 6.78. The lowest BCUT2D eigenvalue weighted by Gasteiger charge is -2.19. The quantitative estimate of drug-likeness (QED) is 0.450. The van der Waals surface area contributed by atoms with Crippen LogP contribution in [-0.2, 0) is 9.53 Å². The normalized spacial score (nSPS) is 11.7. The lowest BCUT2D eigenvalue weighted by molar-refractivity contribution is -0.144. The number of nitrogens with one attached hydrogen (secondary N) is 3. The summed E-state index contributed by atoms with van der Waals surface area (Å²) in [4.78, 5) is 31.1. The minimum Gasteiger partial charge on any atom is -0.481 e. The molecule has 2 amide bonds. The van der Waals surface area contributed by atoms with Crippen molar-refractivity contribution in [2.75, 3.05) is 32.6 Å². The van der Waals surface area contributed by atoms with Crippen LogP contribution in [0.5, 0.6) is 5.88 Å². The molecular formula is C15H25N5O4. The van der Waals surface area contributed by atoms with Crippen molar-refractivity contribution in [2.24, 2.45) is 5.92 Å². The first-order valence-corrected chi connectivity index (χ1v) is 7.70. The van der Waals surface area contributed by atoms with E-state index in [9.17, 15) is 9.59 Å². The van der Waals surface area contributed by atoms with E-state index >= 15 is 0 Å². The van der Waals surface area contributed by atoms with Gasteiger partial charge in [0.05, 0.1) is 14.2 Å². The first-order chi connectivity index (χ1) is 11.5. The fraction of sp³-hybridized carbons (Fsp3) is 0.600. The van der Waals surface area contributed by atoms with Crippen LogP contribution in [0.2, 0.25) is 0 Å². The van der Waals surface area contributed by atoms with Crippen molar-refractivity contribution >= 4 is 17.8 Å². The number of hydrogen-bond acceptors (Lipinski definition) is 7. The molecule has 0 aliphatic rings. The molecule has 0 radical (unpaired) electrons. The van der Waals surface area contributed by atoms with Gasteiger partial charge in [-0.25, -0.2) is 14.8 Å². The van der Waals surface area contributed by atoms with Gasteiger partial charge in [-0.15, -0.1) is 0 Å². The molecule has 1 aromatic heterocycles. The summed E-state index contributed by atoms with van der Waals surface area (Å²) in [6, 6.07) is 0.798. The molecule has 0 aromatic carbocycles. The van der Waals surface area contributed by atoms with Gasteiger partial charge in [0, 0.05) is 12.6 Å². The molecule has 1 rings (SSSR count). The molecule has 0 unspecified atom stereocenters. The summed E-state index contributed by atoms with van der Waals surface area (Å²) in [7, 11) is 2.85. The second kappa shape index (κ2) is 10.4. The molecular weight excluding hydrogens is 314 g/mol. The number of urea groups is 1. The summed E-state index contributed by atoms with van der Waals surface area (Å²) in [6.45, 7) is 4.92. The van der Waals surface area contributed by atoms with Crippen molar-refractivity contribution in [1.82, 2.24) is 20.6 Å². The fourth-order valence-corrected chi connectivity index (χ4v) is 1.95. The summed E-state index contributed by atoms with van der Waals surface area (Å²) in [5, 5.41) is 8.42. The average Bonchev–Trinajstić information content (AvgIpc) is 2.57. The highest BCUT2D eigenvalue weighted by Gasteiger charge is 2.21. The number of aromatic nitrogens is 2. The standard InChI is InChI=1S/C15H25N5O4/c1-10(2)13(14(21)24-4)16-6-5-7-17-15(22)20-11-8-12(23-3)19-9-18-11/h8-10,13,16H,5-7H2,1-4H3,(H2,17,18,19,20,22)/t13-/m0/s1. The zero-order valence-corrected chi connectivity index (χ0v) is 14.5. The molecule has 9 nitrogen and oxygen atoms in total. The molecule has 0 fully saturated rings. The third-order valence-electron chi connectivity index (χ3n) is 3.22. The van der Waals surface area contributed by atoms with E-state index in [4.69, 9.17) is 9.47 Å². The van der Waals surface area contributed by atoms with Gasteiger partial charge in [-0.05, 0) is 18.9 Å². The highest BCUT2D eigenvalue weighted by molar-refractivity contribution is 5.88. The lowest BCUT2D eigenvalue weighted by Crippen LogP contribution is -2.43. The molecule has 0 aliphatic heterocycles. The van der Waals surface area contributed by atoms with Crippen LogP contribution in [0.3, 0.4) is 0 Å². The first-order valence-electron chi connectivity index (χ1n) is 7.70. The number of anilines is 1. The number of esters is 1. The van der Waals surface area contributed by atoms with E-state index in [2.05, 4.69) is 25.9 Å². The molecule has 0 saturated carbocycles. The largest absolute Gasteiger partial charge is 0.481 e. The van der Waals surface area contributed by atoms with E-state index in [0.29, 0.717) is 31.2 Å². The van der Waals surface area contributed by atoms with Crippen LogP contribution in [0.15, 0.2) is 12.4 Å². The van der Waals surface area contributed by atoms with Crippen molar-refractivity contribution in [2.45, 2.75) is 26.3 Å². The molecule has 3 N–H and O–H groups in total. The Labute approximate surface area is 141 Å². The number of amides is 2. The number of carbonyl (C=O) groups excluding carboxylic acids is 2. The van der Waals surface area contributed by atoms with Crippen molar-refractivity contribution in [1.29, 1.82) is 0 Å². The number of carbonyl (C=O) groups is 2. The Morgan fingerprint density at radius 2 is 1.96 bits per heavy atom. The molecule has 1 heterocycles. The van der Waals surface area contributed by atoms with Crippen molar-refractivity contribution < 1.29 is 19.1 Å². The Morgan fingerprint density at radius 3 is 2.58 bits per heavy atom. The van der Waals surface area contributed by atoms with Gasteiger partial charge in [0.2, 0.25) is 5.88 Å². The maximum Gasteiger partial charge on any atom is 0.323 e. The summed E-state index contributed by atoms with van der Waals surface area (Å²) < 4.78 is 9.70. The molecule has 1 atom stereocenters. The van der Waals surface area contributed by atoms with Gasteiger partial charge in [0.1, 0.15) is 18.2 Å². The zero-order valence-electron chi connectivity index (χ0n) is 14.5. The molecule has 1 aromatic rings. The second-order valence-corrected chi connectivity index (χ2v) is 5.38. The van der Waals surface area contributed by atoms with E-state index in [1.54, 1.807) is 0 Å². The van der Waals surface area contributed by atoms with E-state index in [-0.39, 0.29) is 24.0 Å². The van der Waals surface area contributed by atoms with Gasteiger partial charge in [-0.3, -0.25) is 10.1 Å². The molecule has 0 bridgehead atoms. The van der Waals surface area contributed by atoms with Crippen molar-refractivity contribution in [3.63, 3.8) is 0 Å². The van der Waals surface area contributed by atoms with Crippen molar-refractivity contribution in [3.05, 3.63) is 12.4 Å². The number of ether oxygens (including phenoxy) is 2. The van der Waals surface area contributed by atoms with Gasteiger partial charge < -0.3 is 20.1 Å². The molecule has 134 valence electrons. The van der Waals surface area contributed by atoms with Crippen LogP contribution in [0.25, 0.3) is 0 Å². The number of hydrogen-bond donors (Lipinski definition) is 3. The van der Waals surface area contributed by atoms with Crippen LogP contribution >= 0.6 is 0 Å². The topological polar surface area (TPSA) is 114 Å². The Hall–Kier alpha value is -2.42. The Morgan fingerprint density at radius 1 is 1.21 bits per heavy atom. The highest BCUT2D eigenvalue weighted by Crippen LogP contribution is 2.09. The van der Waals surface area contributed by atoms with Gasteiger partial charge in [-0.1, -0.05) is 13.8 Å². The monoisotopic (exact) mass is 339 g/mol. The SMILES string of the molecule is COC(=O)[C@@H](NCCCNC(=O)Nc1cc(OC)ncn1)C(C)C. The van der Waals surface area contributed by atoms with E-state index in [1.807, 2.05) is 13.8 Å². The molecule has 24 heavy (non-hydrogen) atoms. The van der Waals surface area contributed by atoms with Crippen LogP contribution in [0, 0.1) is 5.92 Å². The average molecular weight is 339 g/mol. The summed E-state index contributed by atoms with van der Waals surface area (Å²) in [5.41, 5.74) is 0. The van der Waals surface area contributed by atoms with Crippen LogP contribution in [0.1, 0.15) is 20.3 Å². The summed E-state index contributed by atoms with van der Waals surface area (Å²) in [6.07, 6.45) is 1.97. The predicted molar refractivity (Wildman–Crippen MR) is 88.9 cm³/mol. The highest BCUT2D eigenvalue weighted by atomic mass is 16.5. The minimum absolute atomic E-state index is 0.126. The zero-order chi connectivity index (χ0) is 17.9. The molecule has 0 aliphatic carbocycles. The fourth-order valence-electron chi connectivity index (χ4n) is 1.95.